The highest BCUT2D eigenvalue weighted by molar-refractivity contribution is 6.31. The molecule has 1 N–H and O–H groups in total. The van der Waals surface area contributed by atoms with Gasteiger partial charge in [0.15, 0.2) is 0 Å². The van der Waals surface area contributed by atoms with Gasteiger partial charge in [0.05, 0.1) is 6.61 Å². The van der Waals surface area contributed by atoms with Crippen LogP contribution >= 0.6 is 11.6 Å². The Bertz CT molecular complexity index is 647. The minimum absolute atomic E-state index is 0.0386. The number of ether oxygens (including phenoxy) is 1. The summed E-state index contributed by atoms with van der Waals surface area (Å²) in [7, 11) is 0. The summed E-state index contributed by atoms with van der Waals surface area (Å²) in [6.07, 6.45) is 1.03. The molecule has 21 heavy (non-hydrogen) atoms. The summed E-state index contributed by atoms with van der Waals surface area (Å²) in [5.74, 6) is 0.490. The number of hydrogen-bond donors (Lipinski definition) is 1. The summed E-state index contributed by atoms with van der Waals surface area (Å²) in [6.45, 7) is 5.03. The topological polar surface area (TPSA) is 45.3 Å². The third kappa shape index (κ3) is 3.06. The predicted molar refractivity (Wildman–Crippen MR) is 83.8 cm³/mol. The van der Waals surface area contributed by atoms with Crippen LogP contribution in [0.3, 0.4) is 0 Å². The van der Waals surface area contributed by atoms with Gasteiger partial charge < -0.3 is 14.6 Å². The van der Waals surface area contributed by atoms with Crippen molar-refractivity contribution >= 4 is 28.4 Å². The SMILES string of the molecule is CCN(CC1CCOC1)C(=O)c1cc2cc(Cl)ccc2[nH]1. The molecule has 0 bridgehead atoms. The summed E-state index contributed by atoms with van der Waals surface area (Å²) < 4.78 is 5.39. The molecule has 0 radical (unpaired) electrons. The number of aromatic nitrogens is 1. The molecule has 1 aromatic carbocycles. The standard InChI is InChI=1S/C16H19ClN2O2/c1-2-19(9-11-5-6-21-10-11)16(20)15-8-12-7-13(17)3-4-14(12)18-15/h3-4,7-8,11,18H,2,5-6,9-10H2,1H3. The number of nitrogens with zero attached hydrogens (tertiary/aromatic N) is 1. The monoisotopic (exact) mass is 306 g/mol. The Labute approximate surface area is 129 Å². The number of halogens is 1. The van der Waals surface area contributed by atoms with Crippen molar-refractivity contribution in [2.75, 3.05) is 26.3 Å². The van der Waals surface area contributed by atoms with Crippen LogP contribution in [0.15, 0.2) is 24.3 Å². The summed E-state index contributed by atoms with van der Waals surface area (Å²) >= 11 is 5.99. The van der Waals surface area contributed by atoms with Crippen molar-refractivity contribution in [1.29, 1.82) is 0 Å². The van der Waals surface area contributed by atoms with E-state index in [1.54, 1.807) is 0 Å². The summed E-state index contributed by atoms with van der Waals surface area (Å²) in [5, 5.41) is 1.64. The highest BCUT2D eigenvalue weighted by Gasteiger charge is 2.23. The highest BCUT2D eigenvalue weighted by atomic mass is 35.5. The van der Waals surface area contributed by atoms with Crippen LogP contribution in [0.2, 0.25) is 5.02 Å². The number of aromatic amines is 1. The van der Waals surface area contributed by atoms with E-state index >= 15 is 0 Å². The average Bonchev–Trinajstić information content (AvgIpc) is 3.12. The largest absolute Gasteiger partial charge is 0.381 e. The number of fused-ring (bicyclic) bond motifs is 1. The molecular weight excluding hydrogens is 288 g/mol. The first-order chi connectivity index (χ1) is 10.2. The number of nitrogens with one attached hydrogen (secondary N) is 1. The molecule has 112 valence electrons. The molecule has 0 spiro atoms. The zero-order valence-corrected chi connectivity index (χ0v) is 12.8. The van der Waals surface area contributed by atoms with E-state index in [0.717, 1.165) is 37.1 Å². The van der Waals surface area contributed by atoms with Crippen LogP contribution in [-0.2, 0) is 4.74 Å². The molecule has 2 heterocycles. The van der Waals surface area contributed by atoms with Crippen LogP contribution in [0.4, 0.5) is 0 Å². The van der Waals surface area contributed by atoms with Gasteiger partial charge in [0.2, 0.25) is 0 Å². The summed E-state index contributed by atoms with van der Waals surface area (Å²) in [5.41, 5.74) is 1.55. The zero-order chi connectivity index (χ0) is 14.8. The lowest BCUT2D eigenvalue weighted by molar-refractivity contribution is 0.0726. The maximum absolute atomic E-state index is 12.6. The molecule has 3 rings (SSSR count). The molecule has 1 aliphatic rings. The van der Waals surface area contributed by atoms with Crippen LogP contribution in [-0.4, -0.2) is 42.1 Å². The Morgan fingerprint density at radius 3 is 3.05 bits per heavy atom. The van der Waals surface area contributed by atoms with Crippen molar-refractivity contribution in [2.24, 2.45) is 5.92 Å². The van der Waals surface area contributed by atoms with Crippen molar-refractivity contribution in [1.82, 2.24) is 9.88 Å². The Morgan fingerprint density at radius 1 is 1.48 bits per heavy atom. The number of rotatable bonds is 4. The van der Waals surface area contributed by atoms with Gasteiger partial charge in [-0.15, -0.1) is 0 Å². The number of hydrogen-bond acceptors (Lipinski definition) is 2. The lowest BCUT2D eigenvalue weighted by Crippen LogP contribution is -2.35. The molecule has 1 atom stereocenters. The Morgan fingerprint density at radius 2 is 2.33 bits per heavy atom. The van der Waals surface area contributed by atoms with Crippen molar-refractivity contribution in [3.05, 3.63) is 35.0 Å². The van der Waals surface area contributed by atoms with Crippen LogP contribution in [0.5, 0.6) is 0 Å². The van der Waals surface area contributed by atoms with Gasteiger partial charge in [0.25, 0.3) is 5.91 Å². The summed E-state index contributed by atoms with van der Waals surface area (Å²) in [6, 6.07) is 7.46. The first-order valence-corrected chi connectivity index (χ1v) is 7.70. The number of carbonyl (C=O) groups is 1. The van der Waals surface area contributed by atoms with Gasteiger partial charge in [-0.1, -0.05) is 11.6 Å². The maximum Gasteiger partial charge on any atom is 0.270 e. The van der Waals surface area contributed by atoms with Gasteiger partial charge in [-0.3, -0.25) is 4.79 Å². The number of carbonyl (C=O) groups excluding carboxylic acids is 1. The van der Waals surface area contributed by atoms with E-state index in [2.05, 4.69) is 4.98 Å². The van der Waals surface area contributed by atoms with Crippen LogP contribution < -0.4 is 0 Å². The fourth-order valence-electron chi connectivity index (χ4n) is 2.78. The smallest absolute Gasteiger partial charge is 0.270 e. The van der Waals surface area contributed by atoms with Gasteiger partial charge >= 0.3 is 0 Å². The van der Waals surface area contributed by atoms with Crippen LogP contribution in [0, 0.1) is 5.92 Å². The third-order valence-corrected chi connectivity index (χ3v) is 4.22. The first-order valence-electron chi connectivity index (χ1n) is 7.32. The lowest BCUT2D eigenvalue weighted by atomic mass is 10.1. The fourth-order valence-corrected chi connectivity index (χ4v) is 2.96. The van der Waals surface area contributed by atoms with Crippen molar-refractivity contribution in [2.45, 2.75) is 13.3 Å². The molecule has 1 fully saturated rings. The average molecular weight is 307 g/mol. The maximum atomic E-state index is 12.6. The predicted octanol–water partition coefficient (Wildman–Crippen LogP) is 3.32. The van der Waals surface area contributed by atoms with E-state index in [4.69, 9.17) is 16.3 Å². The second-order valence-corrected chi connectivity index (χ2v) is 5.92. The quantitative estimate of drug-likeness (QED) is 0.942. The molecule has 1 amide bonds. The molecule has 0 aliphatic carbocycles. The van der Waals surface area contributed by atoms with Crippen molar-refractivity contribution in [3.63, 3.8) is 0 Å². The van der Waals surface area contributed by atoms with Gasteiger partial charge in [0.1, 0.15) is 5.69 Å². The molecule has 1 unspecified atom stereocenters. The van der Waals surface area contributed by atoms with E-state index in [9.17, 15) is 4.79 Å². The second-order valence-electron chi connectivity index (χ2n) is 5.49. The molecule has 1 aliphatic heterocycles. The van der Waals surface area contributed by atoms with Crippen LogP contribution in [0.1, 0.15) is 23.8 Å². The Kier molecular flexibility index (Phi) is 4.17. The molecule has 5 heteroatoms. The van der Waals surface area contributed by atoms with Gasteiger partial charge in [-0.25, -0.2) is 0 Å². The van der Waals surface area contributed by atoms with Crippen molar-refractivity contribution in [3.8, 4) is 0 Å². The molecule has 1 saturated heterocycles. The molecule has 1 aromatic heterocycles. The Balaban J connectivity index is 1.80. The number of amides is 1. The minimum atomic E-state index is 0.0386. The van der Waals surface area contributed by atoms with Gasteiger partial charge in [0, 0.05) is 41.5 Å². The molecule has 4 nitrogen and oxygen atoms in total. The van der Waals surface area contributed by atoms with Gasteiger partial charge in [-0.05, 0) is 37.6 Å². The molecule has 0 saturated carbocycles. The summed E-state index contributed by atoms with van der Waals surface area (Å²) in [4.78, 5) is 17.7. The van der Waals surface area contributed by atoms with Gasteiger partial charge in [-0.2, -0.15) is 0 Å². The Hall–Kier alpha value is -1.52. The molecular formula is C16H19ClN2O2. The third-order valence-electron chi connectivity index (χ3n) is 3.98. The van der Waals surface area contributed by atoms with Crippen LogP contribution in [0.25, 0.3) is 10.9 Å². The van der Waals surface area contributed by atoms with Crippen molar-refractivity contribution < 1.29 is 9.53 Å². The fraction of sp³-hybridized carbons (Fsp3) is 0.438. The van der Waals surface area contributed by atoms with E-state index in [1.807, 2.05) is 36.1 Å². The number of H-pyrrole nitrogens is 1. The normalized spacial score (nSPS) is 18.3. The molecule has 2 aromatic rings. The highest BCUT2D eigenvalue weighted by Crippen LogP contribution is 2.21. The van der Waals surface area contributed by atoms with E-state index < -0.39 is 0 Å². The number of benzene rings is 1. The lowest BCUT2D eigenvalue weighted by Gasteiger charge is -2.23. The first kappa shape index (κ1) is 14.4. The van der Waals surface area contributed by atoms with E-state index in [-0.39, 0.29) is 5.91 Å². The van der Waals surface area contributed by atoms with E-state index in [0.29, 0.717) is 23.2 Å². The minimum Gasteiger partial charge on any atom is -0.381 e. The zero-order valence-electron chi connectivity index (χ0n) is 12.1. The second kappa shape index (κ2) is 6.08. The van der Waals surface area contributed by atoms with E-state index in [1.165, 1.54) is 0 Å².